The van der Waals surface area contributed by atoms with Crippen molar-refractivity contribution in [1.29, 1.82) is 0 Å². The predicted molar refractivity (Wildman–Crippen MR) is 148 cm³/mol. The number of rotatable bonds is 10. The van der Waals surface area contributed by atoms with E-state index in [9.17, 15) is 14.4 Å². The van der Waals surface area contributed by atoms with E-state index in [4.69, 9.17) is 4.74 Å². The molecule has 4 rings (SSSR count). The highest BCUT2D eigenvalue weighted by Crippen LogP contribution is 2.69. The molecule has 9 atom stereocenters. The third kappa shape index (κ3) is 4.78. The summed E-state index contributed by atoms with van der Waals surface area (Å²) in [4.78, 5) is 38.7. The zero-order valence-electron chi connectivity index (χ0n) is 24.4. The van der Waals surface area contributed by atoms with Crippen LogP contribution in [0.3, 0.4) is 0 Å². The SMILES string of the molecule is CCCCCCCCCC(=O)O[C@H]1CC[C@H]2[C@@H]3C(C)C(C)C4=C(C)C(=O)CC(C)[C@]4(C=O)[C@H]3CC[C@]12C. The molecular weight excluding hydrogens is 460 g/mol. The Morgan fingerprint density at radius 3 is 2.35 bits per heavy atom. The van der Waals surface area contributed by atoms with Gasteiger partial charge in [-0.1, -0.05) is 73.1 Å². The van der Waals surface area contributed by atoms with Gasteiger partial charge in [-0.3, -0.25) is 9.59 Å². The van der Waals surface area contributed by atoms with Crippen LogP contribution in [0.25, 0.3) is 0 Å². The highest BCUT2D eigenvalue weighted by Gasteiger charge is 2.66. The van der Waals surface area contributed by atoms with E-state index in [2.05, 4.69) is 34.6 Å². The largest absolute Gasteiger partial charge is 0.462 e. The molecule has 0 heterocycles. The topological polar surface area (TPSA) is 60.4 Å². The number of allylic oxidation sites excluding steroid dienone is 1. The lowest BCUT2D eigenvalue weighted by Crippen LogP contribution is -2.60. The number of hydrogen-bond donors (Lipinski definition) is 0. The zero-order valence-corrected chi connectivity index (χ0v) is 24.4. The molecular formula is C33H52O4. The Hall–Kier alpha value is -1.45. The summed E-state index contributed by atoms with van der Waals surface area (Å²) in [5, 5.41) is 0. The maximum atomic E-state index is 13.1. The minimum Gasteiger partial charge on any atom is -0.462 e. The van der Waals surface area contributed by atoms with Gasteiger partial charge in [0.05, 0.1) is 5.41 Å². The molecule has 4 heteroatoms. The minimum absolute atomic E-state index is 0.00535. The van der Waals surface area contributed by atoms with Gasteiger partial charge in [0.25, 0.3) is 0 Å². The lowest BCUT2D eigenvalue weighted by molar-refractivity contribution is -0.164. The first-order valence-corrected chi connectivity index (χ1v) is 15.5. The van der Waals surface area contributed by atoms with Crippen LogP contribution >= 0.6 is 0 Å². The first-order valence-electron chi connectivity index (χ1n) is 15.5. The van der Waals surface area contributed by atoms with E-state index in [1.807, 2.05) is 6.92 Å². The molecule has 4 nitrogen and oxygen atoms in total. The Labute approximate surface area is 225 Å². The summed E-state index contributed by atoms with van der Waals surface area (Å²) < 4.78 is 6.22. The number of ether oxygens (including phenoxy) is 1. The fourth-order valence-corrected chi connectivity index (χ4v) is 9.58. The highest BCUT2D eigenvalue weighted by atomic mass is 16.5. The van der Waals surface area contributed by atoms with Gasteiger partial charge in [0, 0.05) is 18.3 Å². The molecule has 0 N–H and O–H groups in total. The van der Waals surface area contributed by atoms with Gasteiger partial charge in [0.2, 0.25) is 0 Å². The van der Waals surface area contributed by atoms with Crippen molar-refractivity contribution >= 4 is 18.0 Å². The third-order valence-electron chi connectivity index (χ3n) is 11.8. The van der Waals surface area contributed by atoms with Crippen LogP contribution in [0.5, 0.6) is 0 Å². The normalized spacial score (nSPS) is 41.1. The van der Waals surface area contributed by atoms with Gasteiger partial charge in [-0.15, -0.1) is 0 Å². The van der Waals surface area contributed by atoms with Gasteiger partial charge >= 0.3 is 5.97 Å². The van der Waals surface area contributed by atoms with Crippen LogP contribution in [0.1, 0.15) is 125 Å². The smallest absolute Gasteiger partial charge is 0.306 e. The van der Waals surface area contributed by atoms with Crippen molar-refractivity contribution in [2.24, 2.45) is 46.3 Å². The van der Waals surface area contributed by atoms with Crippen LogP contribution in [0.2, 0.25) is 0 Å². The summed E-state index contributed by atoms with van der Waals surface area (Å²) >= 11 is 0. The second kappa shape index (κ2) is 11.3. The first-order chi connectivity index (χ1) is 17.6. The van der Waals surface area contributed by atoms with E-state index in [-0.39, 0.29) is 41.0 Å². The molecule has 208 valence electrons. The average molecular weight is 513 g/mol. The predicted octanol–water partition coefficient (Wildman–Crippen LogP) is 7.88. The molecule has 0 aromatic heterocycles. The zero-order chi connectivity index (χ0) is 27.0. The van der Waals surface area contributed by atoms with Gasteiger partial charge < -0.3 is 9.53 Å². The molecule has 37 heavy (non-hydrogen) atoms. The summed E-state index contributed by atoms with van der Waals surface area (Å²) in [7, 11) is 0. The fourth-order valence-electron chi connectivity index (χ4n) is 9.58. The van der Waals surface area contributed by atoms with Gasteiger partial charge in [-0.05, 0) is 85.7 Å². The Bertz CT molecular complexity index is 904. The Balaban J connectivity index is 1.47. The summed E-state index contributed by atoms with van der Waals surface area (Å²) in [6, 6.07) is 0. The number of esters is 1. The number of carbonyl (C=O) groups excluding carboxylic acids is 3. The third-order valence-corrected chi connectivity index (χ3v) is 11.8. The lowest BCUT2D eigenvalue weighted by atomic mass is 9.40. The number of fused-ring (bicyclic) bond motifs is 5. The van der Waals surface area contributed by atoms with Crippen molar-refractivity contribution in [2.45, 2.75) is 131 Å². The van der Waals surface area contributed by atoms with Crippen LogP contribution in [0.4, 0.5) is 0 Å². The fraction of sp³-hybridized carbons (Fsp3) is 0.848. The highest BCUT2D eigenvalue weighted by molar-refractivity contribution is 5.99. The number of unbranched alkanes of at least 4 members (excludes halogenated alkanes) is 6. The van der Waals surface area contributed by atoms with E-state index < -0.39 is 5.41 Å². The molecule has 0 radical (unpaired) electrons. The average Bonchev–Trinajstić information content (AvgIpc) is 3.19. The van der Waals surface area contributed by atoms with E-state index >= 15 is 0 Å². The molecule has 3 unspecified atom stereocenters. The second-order valence-electron chi connectivity index (χ2n) is 13.5. The number of aldehydes is 1. The number of carbonyl (C=O) groups is 3. The molecule has 3 fully saturated rings. The number of Topliss-reactive ketones (excluding diaryl/α,β-unsaturated/α-hetero) is 1. The van der Waals surface area contributed by atoms with Crippen molar-refractivity contribution in [3.63, 3.8) is 0 Å². The number of hydrogen-bond acceptors (Lipinski definition) is 4. The van der Waals surface area contributed by atoms with E-state index in [0.29, 0.717) is 30.6 Å². The molecule has 0 bridgehead atoms. The second-order valence-corrected chi connectivity index (χ2v) is 13.5. The van der Waals surface area contributed by atoms with Crippen LogP contribution in [0.15, 0.2) is 11.1 Å². The van der Waals surface area contributed by atoms with Crippen molar-refractivity contribution < 1.29 is 19.1 Å². The molecule has 0 aromatic carbocycles. The quantitative estimate of drug-likeness (QED) is 0.170. The first kappa shape index (κ1) is 28.6. The van der Waals surface area contributed by atoms with Gasteiger partial charge in [-0.2, -0.15) is 0 Å². The molecule has 0 saturated heterocycles. The lowest BCUT2D eigenvalue weighted by Gasteiger charge is -2.62. The van der Waals surface area contributed by atoms with Crippen LogP contribution in [0, 0.1) is 46.3 Å². The summed E-state index contributed by atoms with van der Waals surface area (Å²) in [5.74, 6) is 2.07. The number of ketones is 1. The Morgan fingerprint density at radius 2 is 1.68 bits per heavy atom. The molecule has 0 aliphatic heterocycles. The van der Waals surface area contributed by atoms with Crippen molar-refractivity contribution in [3.8, 4) is 0 Å². The van der Waals surface area contributed by atoms with Crippen molar-refractivity contribution in [1.82, 2.24) is 0 Å². The Kier molecular flexibility index (Phi) is 8.76. The summed E-state index contributed by atoms with van der Waals surface area (Å²) in [6.45, 7) is 13.3. The van der Waals surface area contributed by atoms with E-state index in [1.165, 1.54) is 38.4 Å². The van der Waals surface area contributed by atoms with Gasteiger partial charge in [-0.25, -0.2) is 0 Å². The van der Waals surface area contributed by atoms with Crippen LogP contribution in [-0.2, 0) is 19.1 Å². The standard InChI is InChI=1S/C33H52O4/c1-7-8-9-10-11-12-13-14-29(36)37-28-16-15-25-30-22(3)23(4)31-24(5)27(35)19-21(2)33(31,20-34)26(30)17-18-32(25,28)6/h20-23,25-26,28,30H,7-19H2,1-6H3/t21?,22?,23?,25-,26-,28-,30-,32-,33+/m0/s1. The molecule has 0 aromatic rings. The molecule has 0 amide bonds. The monoisotopic (exact) mass is 512 g/mol. The van der Waals surface area contributed by atoms with Gasteiger partial charge in [0.1, 0.15) is 12.4 Å². The van der Waals surface area contributed by atoms with Crippen molar-refractivity contribution in [3.05, 3.63) is 11.1 Å². The van der Waals surface area contributed by atoms with Crippen LogP contribution < -0.4 is 0 Å². The molecule has 0 spiro atoms. The van der Waals surface area contributed by atoms with Gasteiger partial charge in [0.15, 0.2) is 5.78 Å². The molecule has 4 aliphatic carbocycles. The summed E-state index contributed by atoms with van der Waals surface area (Å²) in [5.41, 5.74) is 1.49. The van der Waals surface area contributed by atoms with Crippen LogP contribution in [-0.4, -0.2) is 24.1 Å². The minimum atomic E-state index is -0.512. The van der Waals surface area contributed by atoms with Crippen molar-refractivity contribution in [2.75, 3.05) is 0 Å². The maximum Gasteiger partial charge on any atom is 0.306 e. The maximum absolute atomic E-state index is 13.1. The van der Waals surface area contributed by atoms with E-state index in [0.717, 1.165) is 49.7 Å². The van der Waals surface area contributed by atoms with E-state index in [1.54, 1.807) is 0 Å². The molecule has 4 aliphatic rings. The Morgan fingerprint density at radius 1 is 1.00 bits per heavy atom. The summed E-state index contributed by atoms with van der Waals surface area (Å²) in [6.07, 6.45) is 14.7. The molecule has 3 saturated carbocycles.